The SMILES string of the molecule is CC1CCC(C#N)(NC(=O)c2cccnc2Cl)CC1. The van der Waals surface area contributed by atoms with Crippen LogP contribution in [0.2, 0.25) is 5.15 Å². The number of aromatic nitrogens is 1. The summed E-state index contributed by atoms with van der Waals surface area (Å²) in [5, 5.41) is 12.4. The van der Waals surface area contributed by atoms with Gasteiger partial charge in [-0.15, -0.1) is 0 Å². The summed E-state index contributed by atoms with van der Waals surface area (Å²) in [5.74, 6) is 0.287. The van der Waals surface area contributed by atoms with E-state index in [1.54, 1.807) is 12.1 Å². The van der Waals surface area contributed by atoms with E-state index in [2.05, 4.69) is 23.3 Å². The molecule has 1 aliphatic rings. The van der Waals surface area contributed by atoms with Gasteiger partial charge in [0.05, 0.1) is 11.6 Å². The summed E-state index contributed by atoms with van der Waals surface area (Å²) < 4.78 is 0. The van der Waals surface area contributed by atoms with Crippen molar-refractivity contribution in [3.8, 4) is 6.07 Å². The van der Waals surface area contributed by atoms with Crippen LogP contribution in [-0.4, -0.2) is 16.4 Å². The van der Waals surface area contributed by atoms with Crippen molar-refractivity contribution < 1.29 is 4.79 Å². The van der Waals surface area contributed by atoms with Gasteiger partial charge in [0.25, 0.3) is 5.91 Å². The lowest BCUT2D eigenvalue weighted by Crippen LogP contribution is -2.49. The second-order valence-electron chi connectivity index (χ2n) is 5.17. The Morgan fingerprint density at radius 2 is 2.26 bits per heavy atom. The highest BCUT2D eigenvalue weighted by Crippen LogP contribution is 2.31. The van der Waals surface area contributed by atoms with Gasteiger partial charge in [0.2, 0.25) is 0 Å². The van der Waals surface area contributed by atoms with Crippen LogP contribution < -0.4 is 5.32 Å². The quantitative estimate of drug-likeness (QED) is 0.845. The minimum atomic E-state index is -0.761. The lowest BCUT2D eigenvalue weighted by Gasteiger charge is -2.34. The Morgan fingerprint density at radius 3 is 2.84 bits per heavy atom. The molecule has 0 aromatic carbocycles. The molecule has 0 aliphatic heterocycles. The zero-order chi connectivity index (χ0) is 13.9. The normalized spacial score (nSPS) is 26.5. The van der Waals surface area contributed by atoms with Crippen LogP contribution in [0.3, 0.4) is 0 Å². The van der Waals surface area contributed by atoms with Crippen LogP contribution in [0.15, 0.2) is 18.3 Å². The first kappa shape index (κ1) is 13.8. The molecule has 0 spiro atoms. The fourth-order valence-corrected chi connectivity index (χ4v) is 2.56. The van der Waals surface area contributed by atoms with Crippen molar-refractivity contribution in [2.75, 3.05) is 0 Å². The topological polar surface area (TPSA) is 65.8 Å². The molecular formula is C14H16ClN3O. The molecule has 1 N–H and O–H groups in total. The number of nitriles is 1. The monoisotopic (exact) mass is 277 g/mol. The first-order valence-electron chi connectivity index (χ1n) is 6.40. The number of nitrogens with one attached hydrogen (secondary N) is 1. The molecule has 2 rings (SSSR count). The van der Waals surface area contributed by atoms with Crippen LogP contribution in [0, 0.1) is 17.2 Å². The molecule has 0 atom stereocenters. The third kappa shape index (κ3) is 3.05. The van der Waals surface area contributed by atoms with Gasteiger partial charge in [-0.2, -0.15) is 5.26 Å². The molecule has 1 aromatic heterocycles. The van der Waals surface area contributed by atoms with Crippen molar-refractivity contribution in [1.82, 2.24) is 10.3 Å². The Kier molecular flexibility index (Phi) is 4.06. The first-order valence-corrected chi connectivity index (χ1v) is 6.78. The number of carbonyl (C=O) groups excluding carboxylic acids is 1. The van der Waals surface area contributed by atoms with Gasteiger partial charge in [0.15, 0.2) is 0 Å². The molecule has 4 nitrogen and oxygen atoms in total. The average Bonchev–Trinajstić information content (AvgIpc) is 2.42. The molecule has 100 valence electrons. The molecule has 1 amide bonds. The van der Waals surface area contributed by atoms with Gasteiger partial charge in [-0.05, 0) is 43.7 Å². The zero-order valence-electron chi connectivity index (χ0n) is 10.8. The van der Waals surface area contributed by atoms with Gasteiger partial charge in [0.1, 0.15) is 10.7 Å². The summed E-state index contributed by atoms with van der Waals surface area (Å²) in [5.41, 5.74) is -0.444. The maximum absolute atomic E-state index is 12.2. The average molecular weight is 278 g/mol. The van der Waals surface area contributed by atoms with Gasteiger partial charge in [-0.3, -0.25) is 4.79 Å². The van der Waals surface area contributed by atoms with Crippen LogP contribution >= 0.6 is 11.6 Å². The predicted molar refractivity (Wildman–Crippen MR) is 72.7 cm³/mol. The fraction of sp³-hybridized carbons (Fsp3) is 0.500. The van der Waals surface area contributed by atoms with E-state index in [4.69, 9.17) is 11.6 Å². The van der Waals surface area contributed by atoms with E-state index in [0.29, 0.717) is 24.3 Å². The predicted octanol–water partition coefficient (Wildman–Crippen LogP) is 2.94. The molecule has 1 aliphatic carbocycles. The maximum Gasteiger partial charge on any atom is 0.255 e. The minimum Gasteiger partial charge on any atom is -0.334 e. The largest absolute Gasteiger partial charge is 0.334 e. The molecule has 1 fully saturated rings. The molecule has 0 bridgehead atoms. The van der Waals surface area contributed by atoms with E-state index in [1.165, 1.54) is 6.20 Å². The van der Waals surface area contributed by atoms with E-state index in [0.717, 1.165) is 12.8 Å². The molecule has 1 saturated carbocycles. The summed E-state index contributed by atoms with van der Waals surface area (Å²) in [7, 11) is 0. The summed E-state index contributed by atoms with van der Waals surface area (Å²) >= 11 is 5.89. The minimum absolute atomic E-state index is 0.164. The van der Waals surface area contributed by atoms with Gasteiger partial charge in [-0.25, -0.2) is 4.98 Å². The van der Waals surface area contributed by atoms with Crippen molar-refractivity contribution in [3.63, 3.8) is 0 Å². The van der Waals surface area contributed by atoms with E-state index in [-0.39, 0.29) is 11.1 Å². The third-order valence-corrected chi connectivity index (χ3v) is 4.00. The van der Waals surface area contributed by atoms with Crippen LogP contribution in [0.5, 0.6) is 0 Å². The Balaban J connectivity index is 2.14. The Morgan fingerprint density at radius 1 is 1.58 bits per heavy atom. The van der Waals surface area contributed by atoms with Crippen LogP contribution in [0.4, 0.5) is 0 Å². The molecule has 1 aromatic rings. The van der Waals surface area contributed by atoms with Crippen LogP contribution in [-0.2, 0) is 0 Å². The van der Waals surface area contributed by atoms with Crippen molar-refractivity contribution in [1.29, 1.82) is 5.26 Å². The molecule has 5 heteroatoms. The summed E-state index contributed by atoms with van der Waals surface area (Å²) in [6.07, 6.45) is 4.81. The lowest BCUT2D eigenvalue weighted by molar-refractivity contribution is 0.0893. The first-order chi connectivity index (χ1) is 9.06. The Hall–Kier alpha value is -1.60. The summed E-state index contributed by atoms with van der Waals surface area (Å²) in [4.78, 5) is 16.1. The number of amides is 1. The number of hydrogen-bond donors (Lipinski definition) is 1. The summed E-state index contributed by atoms with van der Waals surface area (Å²) in [6.45, 7) is 2.17. The summed E-state index contributed by atoms with van der Waals surface area (Å²) in [6, 6.07) is 5.53. The lowest BCUT2D eigenvalue weighted by atomic mass is 9.78. The van der Waals surface area contributed by atoms with E-state index < -0.39 is 5.54 Å². The zero-order valence-corrected chi connectivity index (χ0v) is 11.6. The number of hydrogen-bond acceptors (Lipinski definition) is 3. The standard InChI is InChI=1S/C14H16ClN3O/c1-10-4-6-14(9-16,7-5-10)18-13(19)11-3-2-8-17-12(11)15/h2-3,8,10H,4-7H2,1H3,(H,18,19). The second kappa shape index (κ2) is 5.58. The number of pyridine rings is 1. The molecule has 0 radical (unpaired) electrons. The van der Waals surface area contributed by atoms with Crippen molar-refractivity contribution in [3.05, 3.63) is 29.0 Å². The molecule has 1 heterocycles. The smallest absolute Gasteiger partial charge is 0.255 e. The third-order valence-electron chi connectivity index (χ3n) is 3.70. The number of halogens is 1. The highest BCUT2D eigenvalue weighted by molar-refractivity contribution is 6.32. The molecular weight excluding hydrogens is 262 g/mol. The van der Waals surface area contributed by atoms with Gasteiger partial charge in [-0.1, -0.05) is 18.5 Å². The van der Waals surface area contributed by atoms with Gasteiger partial charge in [0, 0.05) is 6.20 Å². The number of carbonyl (C=O) groups is 1. The maximum atomic E-state index is 12.2. The van der Waals surface area contributed by atoms with Crippen LogP contribution in [0.25, 0.3) is 0 Å². The van der Waals surface area contributed by atoms with Crippen molar-refractivity contribution >= 4 is 17.5 Å². The highest BCUT2D eigenvalue weighted by atomic mass is 35.5. The van der Waals surface area contributed by atoms with E-state index >= 15 is 0 Å². The fourth-order valence-electron chi connectivity index (χ4n) is 2.36. The number of rotatable bonds is 2. The van der Waals surface area contributed by atoms with E-state index in [1.807, 2.05) is 0 Å². The second-order valence-corrected chi connectivity index (χ2v) is 5.53. The Bertz CT molecular complexity index is 516. The highest BCUT2D eigenvalue weighted by Gasteiger charge is 2.36. The Labute approximate surface area is 117 Å². The van der Waals surface area contributed by atoms with Gasteiger partial charge < -0.3 is 5.32 Å². The molecule has 19 heavy (non-hydrogen) atoms. The van der Waals surface area contributed by atoms with E-state index in [9.17, 15) is 10.1 Å². The van der Waals surface area contributed by atoms with Crippen LogP contribution in [0.1, 0.15) is 43.0 Å². The number of nitrogens with zero attached hydrogens (tertiary/aromatic N) is 2. The van der Waals surface area contributed by atoms with Crippen molar-refractivity contribution in [2.24, 2.45) is 5.92 Å². The molecule has 0 saturated heterocycles. The molecule has 0 unspecified atom stereocenters. The van der Waals surface area contributed by atoms with Crippen molar-refractivity contribution in [2.45, 2.75) is 38.1 Å². The van der Waals surface area contributed by atoms with Gasteiger partial charge >= 0.3 is 0 Å².